The summed E-state index contributed by atoms with van der Waals surface area (Å²) in [4.78, 5) is 23.5. The fourth-order valence-corrected chi connectivity index (χ4v) is 2.10. The van der Waals surface area contributed by atoms with Gasteiger partial charge in [-0.05, 0) is 26.7 Å². The van der Waals surface area contributed by atoms with Gasteiger partial charge in [-0.3, -0.25) is 4.79 Å². The molecular formula is C13H17NO3. The van der Waals surface area contributed by atoms with E-state index < -0.39 is 0 Å². The molecular weight excluding hydrogens is 218 g/mol. The molecule has 2 aliphatic rings. The van der Waals surface area contributed by atoms with Gasteiger partial charge in [-0.25, -0.2) is 4.79 Å². The predicted octanol–water partition coefficient (Wildman–Crippen LogP) is 1.82. The van der Waals surface area contributed by atoms with Gasteiger partial charge in [-0.15, -0.1) is 0 Å². The first kappa shape index (κ1) is 11.9. The van der Waals surface area contributed by atoms with Gasteiger partial charge in [-0.2, -0.15) is 0 Å². The molecule has 0 bridgehead atoms. The number of carbonyl (C=O) groups is 2. The third-order valence-corrected chi connectivity index (χ3v) is 2.92. The molecule has 17 heavy (non-hydrogen) atoms. The third kappa shape index (κ3) is 2.57. The highest BCUT2D eigenvalue weighted by atomic mass is 16.5. The Bertz CT molecular complexity index is 418. The van der Waals surface area contributed by atoms with Crippen LogP contribution in [0.5, 0.6) is 0 Å². The van der Waals surface area contributed by atoms with E-state index in [-0.39, 0.29) is 17.9 Å². The lowest BCUT2D eigenvalue weighted by molar-refractivity contribution is -0.142. The molecule has 0 aromatic carbocycles. The highest BCUT2D eigenvalue weighted by Gasteiger charge is 2.27. The monoisotopic (exact) mass is 235 g/mol. The fourth-order valence-electron chi connectivity index (χ4n) is 2.10. The van der Waals surface area contributed by atoms with Crippen LogP contribution in [0.25, 0.3) is 0 Å². The van der Waals surface area contributed by atoms with Gasteiger partial charge in [0, 0.05) is 30.3 Å². The van der Waals surface area contributed by atoms with Crippen molar-refractivity contribution in [3.63, 3.8) is 0 Å². The summed E-state index contributed by atoms with van der Waals surface area (Å²) >= 11 is 0. The summed E-state index contributed by atoms with van der Waals surface area (Å²) in [6.45, 7) is 3.62. The van der Waals surface area contributed by atoms with Gasteiger partial charge in [0.25, 0.3) is 0 Å². The average Bonchev–Trinajstić information content (AvgIpc) is 2.28. The topological polar surface area (TPSA) is 55.4 Å². The zero-order chi connectivity index (χ0) is 12.4. The number of hydrogen-bond acceptors (Lipinski definition) is 4. The van der Waals surface area contributed by atoms with Crippen molar-refractivity contribution in [1.29, 1.82) is 0 Å². The maximum atomic E-state index is 11.7. The summed E-state index contributed by atoms with van der Waals surface area (Å²) in [5.74, 6) is -0.181. The standard InChI is InChI=1S/C13H17NO3/c1-8(2)17-13(16)9-6-10-11(14-7-9)4-3-5-12(10)15/h7-8,14H,3-6H2,1-2H3. The molecule has 0 aromatic rings. The van der Waals surface area contributed by atoms with Crippen LogP contribution >= 0.6 is 0 Å². The molecule has 0 radical (unpaired) electrons. The Morgan fingerprint density at radius 1 is 1.41 bits per heavy atom. The molecule has 4 heteroatoms. The van der Waals surface area contributed by atoms with E-state index in [0.717, 1.165) is 24.1 Å². The van der Waals surface area contributed by atoms with Gasteiger partial charge in [0.2, 0.25) is 0 Å². The second-order valence-electron chi connectivity index (χ2n) is 4.68. The second-order valence-corrected chi connectivity index (χ2v) is 4.68. The molecule has 4 nitrogen and oxygen atoms in total. The molecule has 2 rings (SSSR count). The summed E-state index contributed by atoms with van der Waals surface area (Å²) in [5.41, 5.74) is 2.27. The van der Waals surface area contributed by atoms with Crippen molar-refractivity contribution in [2.75, 3.05) is 0 Å². The van der Waals surface area contributed by atoms with Crippen LogP contribution in [0.2, 0.25) is 0 Å². The number of dihydropyridines is 1. The Morgan fingerprint density at radius 2 is 2.18 bits per heavy atom. The Hall–Kier alpha value is -1.58. The molecule has 0 saturated carbocycles. The van der Waals surface area contributed by atoms with Gasteiger partial charge in [-0.1, -0.05) is 0 Å². The molecule has 0 aromatic heterocycles. The first-order valence-corrected chi connectivity index (χ1v) is 5.99. The first-order valence-electron chi connectivity index (χ1n) is 5.99. The zero-order valence-electron chi connectivity index (χ0n) is 10.2. The zero-order valence-corrected chi connectivity index (χ0v) is 10.2. The Morgan fingerprint density at radius 3 is 2.88 bits per heavy atom. The van der Waals surface area contributed by atoms with Crippen LogP contribution < -0.4 is 5.32 Å². The van der Waals surface area contributed by atoms with Crippen LogP contribution in [0, 0.1) is 0 Å². The van der Waals surface area contributed by atoms with E-state index in [4.69, 9.17) is 4.74 Å². The molecule has 0 spiro atoms. The lowest BCUT2D eigenvalue weighted by atomic mass is 9.88. The molecule has 0 saturated heterocycles. The van der Waals surface area contributed by atoms with Crippen LogP contribution in [0.4, 0.5) is 0 Å². The van der Waals surface area contributed by atoms with Gasteiger partial charge in [0.15, 0.2) is 5.78 Å². The number of ether oxygens (including phenoxy) is 1. The van der Waals surface area contributed by atoms with Crippen LogP contribution in [0.15, 0.2) is 23.0 Å². The predicted molar refractivity (Wildman–Crippen MR) is 62.9 cm³/mol. The number of ketones is 1. The summed E-state index contributed by atoms with van der Waals surface area (Å²) in [6, 6.07) is 0. The SMILES string of the molecule is CC(C)OC(=O)C1=CNC2=C(C1)C(=O)CCC2. The van der Waals surface area contributed by atoms with E-state index >= 15 is 0 Å². The van der Waals surface area contributed by atoms with Gasteiger partial charge in [0.05, 0.1) is 11.7 Å². The van der Waals surface area contributed by atoms with Crippen molar-refractivity contribution >= 4 is 11.8 Å². The highest BCUT2D eigenvalue weighted by molar-refractivity contribution is 6.00. The number of Topliss-reactive ketones (excluding diaryl/α,β-unsaturated/α-hetero) is 1. The van der Waals surface area contributed by atoms with Gasteiger partial charge < -0.3 is 10.1 Å². The number of carbonyl (C=O) groups excluding carboxylic acids is 2. The molecule has 1 aliphatic heterocycles. The van der Waals surface area contributed by atoms with Crippen molar-refractivity contribution in [3.05, 3.63) is 23.0 Å². The fraction of sp³-hybridized carbons (Fsp3) is 0.538. The number of rotatable bonds is 2. The smallest absolute Gasteiger partial charge is 0.336 e. The number of nitrogens with one attached hydrogen (secondary N) is 1. The second kappa shape index (κ2) is 4.73. The van der Waals surface area contributed by atoms with Crippen molar-refractivity contribution in [3.8, 4) is 0 Å². The van der Waals surface area contributed by atoms with E-state index in [2.05, 4.69) is 5.32 Å². The minimum Gasteiger partial charge on any atom is -0.460 e. The lowest BCUT2D eigenvalue weighted by Gasteiger charge is -2.24. The lowest BCUT2D eigenvalue weighted by Crippen LogP contribution is -2.26. The minimum absolute atomic E-state index is 0.138. The van der Waals surface area contributed by atoms with Gasteiger partial charge in [0.1, 0.15) is 0 Å². The molecule has 0 unspecified atom stereocenters. The Labute approximate surface area is 101 Å². The molecule has 0 amide bonds. The largest absolute Gasteiger partial charge is 0.460 e. The molecule has 0 fully saturated rings. The van der Waals surface area contributed by atoms with E-state index in [1.165, 1.54) is 0 Å². The summed E-state index contributed by atoms with van der Waals surface area (Å²) in [6.07, 6.45) is 4.32. The Balaban J connectivity index is 2.08. The van der Waals surface area contributed by atoms with Crippen molar-refractivity contribution in [2.45, 2.75) is 45.6 Å². The molecule has 0 atom stereocenters. The van der Waals surface area contributed by atoms with Crippen molar-refractivity contribution in [1.82, 2.24) is 5.32 Å². The van der Waals surface area contributed by atoms with Crippen LogP contribution in [-0.2, 0) is 14.3 Å². The van der Waals surface area contributed by atoms with Crippen LogP contribution in [-0.4, -0.2) is 17.9 Å². The molecule has 1 N–H and O–H groups in total. The van der Waals surface area contributed by atoms with Crippen molar-refractivity contribution in [2.24, 2.45) is 0 Å². The van der Waals surface area contributed by atoms with Crippen LogP contribution in [0.3, 0.4) is 0 Å². The number of esters is 1. The molecule has 1 aliphatic carbocycles. The van der Waals surface area contributed by atoms with Gasteiger partial charge >= 0.3 is 5.97 Å². The molecule has 92 valence electrons. The third-order valence-electron chi connectivity index (χ3n) is 2.92. The van der Waals surface area contributed by atoms with E-state index in [9.17, 15) is 9.59 Å². The summed E-state index contributed by atoms with van der Waals surface area (Å²) in [5, 5.41) is 3.05. The van der Waals surface area contributed by atoms with Crippen molar-refractivity contribution < 1.29 is 14.3 Å². The normalized spacial score (nSPS) is 19.7. The quantitative estimate of drug-likeness (QED) is 0.742. The maximum absolute atomic E-state index is 11.7. The Kier molecular flexibility index (Phi) is 3.31. The number of hydrogen-bond donors (Lipinski definition) is 1. The molecule has 1 heterocycles. The maximum Gasteiger partial charge on any atom is 0.336 e. The van der Waals surface area contributed by atoms with Crippen LogP contribution in [0.1, 0.15) is 39.5 Å². The summed E-state index contributed by atoms with van der Waals surface area (Å²) < 4.78 is 5.12. The highest BCUT2D eigenvalue weighted by Crippen LogP contribution is 2.28. The minimum atomic E-state index is -0.336. The first-order chi connectivity index (χ1) is 8.08. The van der Waals surface area contributed by atoms with E-state index in [0.29, 0.717) is 18.4 Å². The van der Waals surface area contributed by atoms with E-state index in [1.54, 1.807) is 6.20 Å². The average molecular weight is 235 g/mol. The number of allylic oxidation sites excluding steroid dienone is 2. The summed E-state index contributed by atoms with van der Waals surface area (Å²) in [7, 11) is 0. The van der Waals surface area contributed by atoms with E-state index in [1.807, 2.05) is 13.8 Å².